The van der Waals surface area contributed by atoms with Crippen molar-refractivity contribution in [2.75, 3.05) is 20.1 Å². The summed E-state index contributed by atoms with van der Waals surface area (Å²) in [6.07, 6.45) is 0.377. The van der Waals surface area contributed by atoms with Gasteiger partial charge < -0.3 is 15.7 Å². The maximum atomic E-state index is 13.3. The van der Waals surface area contributed by atoms with Crippen molar-refractivity contribution in [3.05, 3.63) is 35.4 Å². The molecular formula is C12H16F2N2O2. The van der Waals surface area contributed by atoms with Crippen LogP contribution in [0.2, 0.25) is 0 Å². The Morgan fingerprint density at radius 2 is 2.17 bits per heavy atom. The molecular weight excluding hydrogens is 242 g/mol. The summed E-state index contributed by atoms with van der Waals surface area (Å²) in [5, 5.41) is 14.3. The summed E-state index contributed by atoms with van der Waals surface area (Å²) in [5.41, 5.74) is 0.403. The molecule has 1 rings (SSSR count). The quantitative estimate of drug-likeness (QED) is 0.632. The Hall–Kier alpha value is -1.53. The Labute approximate surface area is 104 Å². The number of aliphatic carboxylic acids is 1. The highest BCUT2D eigenvalue weighted by Gasteiger charge is 2.13. The number of hydrogen-bond donors (Lipinski definition) is 3. The SMILES string of the molecule is CNC(CNCCc1ccc(F)cc1F)C(=O)O. The maximum absolute atomic E-state index is 13.3. The van der Waals surface area contributed by atoms with Crippen molar-refractivity contribution < 1.29 is 18.7 Å². The summed E-state index contributed by atoms with van der Waals surface area (Å²) in [7, 11) is 1.56. The molecule has 1 atom stereocenters. The molecule has 0 bridgehead atoms. The number of likely N-dealkylation sites (N-methyl/N-ethyl adjacent to an activating group) is 1. The van der Waals surface area contributed by atoms with Gasteiger partial charge in [0.05, 0.1) is 0 Å². The lowest BCUT2D eigenvalue weighted by molar-refractivity contribution is -0.139. The van der Waals surface area contributed by atoms with Crippen LogP contribution in [0.25, 0.3) is 0 Å². The Morgan fingerprint density at radius 1 is 1.44 bits per heavy atom. The molecule has 0 aliphatic carbocycles. The van der Waals surface area contributed by atoms with E-state index in [0.717, 1.165) is 6.07 Å². The van der Waals surface area contributed by atoms with E-state index < -0.39 is 23.6 Å². The normalized spacial score (nSPS) is 12.4. The van der Waals surface area contributed by atoms with E-state index in [2.05, 4.69) is 10.6 Å². The number of halogens is 2. The van der Waals surface area contributed by atoms with Gasteiger partial charge in [0.15, 0.2) is 0 Å². The standard InChI is InChI=1S/C12H16F2N2O2/c1-15-11(12(17)18)7-16-5-4-8-2-3-9(13)6-10(8)14/h2-3,6,11,15-16H,4-5,7H2,1H3,(H,17,18). The van der Waals surface area contributed by atoms with Crippen molar-refractivity contribution in [3.8, 4) is 0 Å². The Bertz CT molecular complexity index is 413. The van der Waals surface area contributed by atoms with Gasteiger partial charge in [-0.05, 0) is 31.6 Å². The zero-order valence-corrected chi connectivity index (χ0v) is 10.0. The molecule has 0 fully saturated rings. The molecule has 4 nitrogen and oxygen atoms in total. The maximum Gasteiger partial charge on any atom is 0.322 e. The van der Waals surface area contributed by atoms with Crippen molar-refractivity contribution in [1.29, 1.82) is 0 Å². The first-order valence-corrected chi connectivity index (χ1v) is 5.59. The van der Waals surface area contributed by atoms with Gasteiger partial charge in [-0.3, -0.25) is 4.79 Å². The van der Waals surface area contributed by atoms with Crippen LogP contribution in [0, 0.1) is 11.6 Å². The van der Waals surface area contributed by atoms with Crippen LogP contribution in [0.1, 0.15) is 5.56 Å². The predicted molar refractivity (Wildman–Crippen MR) is 63.4 cm³/mol. The lowest BCUT2D eigenvalue weighted by Gasteiger charge is -2.12. The summed E-state index contributed by atoms with van der Waals surface area (Å²) >= 11 is 0. The van der Waals surface area contributed by atoms with Crippen molar-refractivity contribution in [3.63, 3.8) is 0 Å². The minimum absolute atomic E-state index is 0.245. The van der Waals surface area contributed by atoms with Crippen molar-refractivity contribution in [2.45, 2.75) is 12.5 Å². The molecule has 18 heavy (non-hydrogen) atoms. The number of carboxylic acids is 1. The molecule has 3 N–H and O–H groups in total. The van der Waals surface area contributed by atoms with Gasteiger partial charge in [0.1, 0.15) is 17.7 Å². The van der Waals surface area contributed by atoms with Gasteiger partial charge in [0, 0.05) is 12.6 Å². The van der Waals surface area contributed by atoms with E-state index in [0.29, 0.717) is 18.5 Å². The van der Waals surface area contributed by atoms with Crippen molar-refractivity contribution >= 4 is 5.97 Å². The van der Waals surface area contributed by atoms with Gasteiger partial charge in [-0.1, -0.05) is 6.07 Å². The molecule has 0 aliphatic rings. The third-order valence-corrected chi connectivity index (χ3v) is 2.58. The third-order valence-electron chi connectivity index (χ3n) is 2.58. The minimum Gasteiger partial charge on any atom is -0.480 e. The van der Waals surface area contributed by atoms with Gasteiger partial charge in [0.25, 0.3) is 0 Å². The molecule has 0 radical (unpaired) electrons. The molecule has 1 aromatic carbocycles. The number of hydrogen-bond acceptors (Lipinski definition) is 3. The summed E-state index contributed by atoms with van der Waals surface area (Å²) in [4.78, 5) is 10.7. The zero-order valence-electron chi connectivity index (χ0n) is 10.0. The average Bonchev–Trinajstić information content (AvgIpc) is 2.31. The fourth-order valence-corrected chi connectivity index (χ4v) is 1.51. The van der Waals surface area contributed by atoms with Crippen LogP contribution in [0.15, 0.2) is 18.2 Å². The van der Waals surface area contributed by atoms with Crippen molar-refractivity contribution in [1.82, 2.24) is 10.6 Å². The van der Waals surface area contributed by atoms with Crippen molar-refractivity contribution in [2.24, 2.45) is 0 Å². The lowest BCUT2D eigenvalue weighted by Crippen LogP contribution is -2.43. The van der Waals surface area contributed by atoms with E-state index in [1.165, 1.54) is 12.1 Å². The minimum atomic E-state index is -0.946. The zero-order chi connectivity index (χ0) is 13.5. The van der Waals surface area contributed by atoms with Gasteiger partial charge >= 0.3 is 5.97 Å². The van der Waals surface area contributed by atoms with E-state index in [-0.39, 0.29) is 6.54 Å². The molecule has 0 aromatic heterocycles. The molecule has 1 aromatic rings. The summed E-state index contributed by atoms with van der Waals surface area (Å²) in [6, 6.07) is 2.75. The predicted octanol–water partition coefficient (Wildman–Crippen LogP) is 0.769. The van der Waals surface area contributed by atoms with E-state index >= 15 is 0 Å². The summed E-state index contributed by atoms with van der Waals surface area (Å²) in [5.74, 6) is -2.14. The van der Waals surface area contributed by atoms with Crippen LogP contribution in [0.3, 0.4) is 0 Å². The first-order chi connectivity index (χ1) is 8.54. The highest BCUT2D eigenvalue weighted by atomic mass is 19.1. The molecule has 0 spiro atoms. The Kier molecular flexibility index (Phi) is 5.67. The number of benzene rings is 1. The van der Waals surface area contributed by atoms with Gasteiger partial charge in [-0.2, -0.15) is 0 Å². The van der Waals surface area contributed by atoms with Crippen LogP contribution >= 0.6 is 0 Å². The molecule has 6 heteroatoms. The Balaban J connectivity index is 2.35. The second kappa shape index (κ2) is 7.03. The largest absolute Gasteiger partial charge is 0.480 e. The molecule has 0 saturated heterocycles. The second-order valence-corrected chi connectivity index (χ2v) is 3.87. The molecule has 0 saturated carbocycles. The lowest BCUT2D eigenvalue weighted by atomic mass is 10.1. The number of carboxylic acid groups (broad SMARTS) is 1. The van der Waals surface area contributed by atoms with E-state index in [1.54, 1.807) is 7.05 Å². The van der Waals surface area contributed by atoms with Crippen LogP contribution in [0.5, 0.6) is 0 Å². The average molecular weight is 258 g/mol. The van der Waals surface area contributed by atoms with Crippen LogP contribution in [-0.4, -0.2) is 37.3 Å². The summed E-state index contributed by atoms with van der Waals surface area (Å²) in [6.45, 7) is 0.669. The number of nitrogens with one attached hydrogen (secondary N) is 2. The highest BCUT2D eigenvalue weighted by molar-refractivity contribution is 5.73. The smallest absolute Gasteiger partial charge is 0.322 e. The fraction of sp³-hybridized carbons (Fsp3) is 0.417. The third kappa shape index (κ3) is 4.38. The van der Waals surface area contributed by atoms with Gasteiger partial charge in [0.2, 0.25) is 0 Å². The van der Waals surface area contributed by atoms with E-state index in [9.17, 15) is 13.6 Å². The van der Waals surface area contributed by atoms with Gasteiger partial charge in [-0.25, -0.2) is 8.78 Å². The van der Waals surface area contributed by atoms with Crippen LogP contribution in [-0.2, 0) is 11.2 Å². The summed E-state index contributed by atoms with van der Waals surface area (Å²) < 4.78 is 25.9. The molecule has 0 aliphatic heterocycles. The second-order valence-electron chi connectivity index (χ2n) is 3.87. The van der Waals surface area contributed by atoms with Crippen LogP contribution in [0.4, 0.5) is 8.78 Å². The first-order valence-electron chi connectivity index (χ1n) is 5.59. The highest BCUT2D eigenvalue weighted by Crippen LogP contribution is 2.09. The van der Waals surface area contributed by atoms with E-state index in [1.807, 2.05) is 0 Å². The molecule has 0 amide bonds. The van der Waals surface area contributed by atoms with E-state index in [4.69, 9.17) is 5.11 Å². The first kappa shape index (κ1) is 14.5. The van der Waals surface area contributed by atoms with Crippen LogP contribution < -0.4 is 10.6 Å². The number of rotatable bonds is 7. The van der Waals surface area contributed by atoms with Gasteiger partial charge in [-0.15, -0.1) is 0 Å². The fourth-order valence-electron chi connectivity index (χ4n) is 1.51. The monoisotopic (exact) mass is 258 g/mol. The molecule has 1 unspecified atom stereocenters. The molecule has 0 heterocycles. The molecule has 100 valence electrons. The number of carbonyl (C=O) groups is 1. The Morgan fingerprint density at radius 3 is 2.72 bits per heavy atom. The topological polar surface area (TPSA) is 61.4 Å².